The third kappa shape index (κ3) is 4.49. The second-order valence-electron chi connectivity index (χ2n) is 11.8. The van der Waals surface area contributed by atoms with Crippen LogP contribution < -0.4 is 0 Å². The van der Waals surface area contributed by atoms with E-state index in [0.717, 1.165) is 0 Å². The Hall–Kier alpha value is -0.866. The molecule has 0 aromatic heterocycles. The molecule has 2 aliphatic rings. The molecule has 0 saturated carbocycles. The van der Waals surface area contributed by atoms with E-state index >= 15 is 0 Å². The Morgan fingerprint density at radius 3 is 1.77 bits per heavy atom. The van der Waals surface area contributed by atoms with E-state index in [1.807, 2.05) is 0 Å². The van der Waals surface area contributed by atoms with Gasteiger partial charge in [0.05, 0.1) is 18.2 Å². The van der Waals surface area contributed by atoms with E-state index in [1.54, 1.807) is 4.90 Å². The molecule has 0 aliphatic carbocycles. The van der Waals surface area contributed by atoms with Crippen LogP contribution in [0.1, 0.15) is 62.3 Å². The van der Waals surface area contributed by atoms with Crippen molar-refractivity contribution in [1.82, 2.24) is 9.47 Å². The molecule has 0 bridgehead atoms. The largest absolute Gasteiger partial charge is 0.447 e. The predicted octanol–water partition coefficient (Wildman–Crippen LogP) is 5.46. The standard InChI is InChI=1S/C23H46N2O4Si2/c1-14(2)19-13-28-23(27)24(19)21-20(25(22(21)26)30(10,11)12)18(9)29-31(15(3)4,16(5)6)17(7)8/h14-21H,13H2,1-12H3/t18-,19+,20+,21+/m0/s1. The van der Waals surface area contributed by atoms with Crippen LogP contribution in [-0.2, 0) is 14.0 Å². The third-order valence-electron chi connectivity index (χ3n) is 7.43. The lowest BCUT2D eigenvalue weighted by Crippen LogP contribution is -2.80. The number of carbonyl (C=O) groups excluding carboxylic acids is 2. The number of amides is 2. The average Bonchev–Trinajstić information content (AvgIpc) is 2.96. The number of carbonyl (C=O) groups is 2. The van der Waals surface area contributed by atoms with E-state index in [0.29, 0.717) is 23.2 Å². The van der Waals surface area contributed by atoms with Crippen molar-refractivity contribution in [1.29, 1.82) is 0 Å². The summed E-state index contributed by atoms with van der Waals surface area (Å²) >= 11 is 0. The minimum Gasteiger partial charge on any atom is -0.447 e. The zero-order valence-corrected chi connectivity index (χ0v) is 23.9. The van der Waals surface area contributed by atoms with Crippen LogP contribution in [-0.4, -0.2) is 68.9 Å². The highest BCUT2D eigenvalue weighted by Gasteiger charge is 2.61. The lowest BCUT2D eigenvalue weighted by molar-refractivity contribution is -0.155. The van der Waals surface area contributed by atoms with E-state index in [1.165, 1.54) is 0 Å². The first-order valence-electron chi connectivity index (χ1n) is 12.0. The molecule has 2 heterocycles. The van der Waals surface area contributed by atoms with Crippen molar-refractivity contribution in [2.45, 2.75) is 123 Å². The normalized spacial score (nSPS) is 26.4. The van der Waals surface area contributed by atoms with Gasteiger partial charge in [-0.1, -0.05) is 75.0 Å². The van der Waals surface area contributed by atoms with Gasteiger partial charge in [0.1, 0.15) is 12.6 Å². The highest BCUT2D eigenvalue weighted by Crippen LogP contribution is 2.45. The van der Waals surface area contributed by atoms with Crippen LogP contribution in [0.5, 0.6) is 0 Å². The lowest BCUT2D eigenvalue weighted by Gasteiger charge is -2.59. The van der Waals surface area contributed by atoms with Crippen LogP contribution in [0.2, 0.25) is 36.3 Å². The van der Waals surface area contributed by atoms with Crippen LogP contribution in [0.4, 0.5) is 4.79 Å². The predicted molar refractivity (Wildman–Crippen MR) is 131 cm³/mol. The Labute approximate surface area is 192 Å². The van der Waals surface area contributed by atoms with Crippen molar-refractivity contribution in [3.8, 4) is 0 Å². The molecule has 2 aliphatic heterocycles. The Morgan fingerprint density at radius 2 is 1.39 bits per heavy atom. The van der Waals surface area contributed by atoms with Gasteiger partial charge in [0.15, 0.2) is 8.24 Å². The molecule has 2 fully saturated rings. The summed E-state index contributed by atoms with van der Waals surface area (Å²) in [6.07, 6.45) is -0.487. The molecule has 0 spiro atoms. The molecule has 0 radical (unpaired) electrons. The fourth-order valence-corrected chi connectivity index (χ4v) is 13.7. The summed E-state index contributed by atoms with van der Waals surface area (Å²) in [6, 6.07) is -0.668. The van der Waals surface area contributed by atoms with Crippen molar-refractivity contribution < 1.29 is 18.8 Å². The first-order chi connectivity index (χ1) is 14.1. The summed E-state index contributed by atoms with van der Waals surface area (Å²) in [5, 5.41) is 0. The van der Waals surface area contributed by atoms with Gasteiger partial charge in [0, 0.05) is 0 Å². The fourth-order valence-electron chi connectivity index (χ4n) is 6.10. The van der Waals surface area contributed by atoms with E-state index in [4.69, 9.17) is 9.16 Å². The maximum absolute atomic E-state index is 13.5. The molecule has 2 amide bonds. The molecule has 0 aromatic carbocycles. The molecule has 31 heavy (non-hydrogen) atoms. The quantitative estimate of drug-likeness (QED) is 0.332. The van der Waals surface area contributed by atoms with E-state index < -0.39 is 22.6 Å². The van der Waals surface area contributed by atoms with Gasteiger partial charge in [-0.3, -0.25) is 9.69 Å². The molecule has 2 saturated heterocycles. The number of β-lactam (4-membered cyclic amide) rings is 1. The van der Waals surface area contributed by atoms with Gasteiger partial charge in [0.25, 0.3) is 0 Å². The number of hydrogen-bond donors (Lipinski definition) is 0. The van der Waals surface area contributed by atoms with E-state index in [9.17, 15) is 9.59 Å². The van der Waals surface area contributed by atoms with Crippen LogP contribution in [0.15, 0.2) is 0 Å². The Bertz CT molecular complexity index is 653. The highest BCUT2D eigenvalue weighted by molar-refractivity contribution is 6.78. The van der Waals surface area contributed by atoms with Crippen molar-refractivity contribution in [2.24, 2.45) is 5.92 Å². The summed E-state index contributed by atoms with van der Waals surface area (Å²) in [5.74, 6) is 0.294. The maximum atomic E-state index is 13.5. The van der Waals surface area contributed by atoms with Gasteiger partial charge in [-0.2, -0.15) is 0 Å². The van der Waals surface area contributed by atoms with Crippen molar-refractivity contribution in [2.75, 3.05) is 6.61 Å². The summed E-state index contributed by atoms with van der Waals surface area (Å²) in [6.45, 7) is 26.9. The molecule has 0 aromatic rings. The van der Waals surface area contributed by atoms with Gasteiger partial charge in [0.2, 0.25) is 14.2 Å². The summed E-state index contributed by atoms with van der Waals surface area (Å²) in [7, 11) is -4.07. The molecule has 180 valence electrons. The topological polar surface area (TPSA) is 59.1 Å². The number of nitrogens with zero attached hydrogens (tertiary/aromatic N) is 2. The fraction of sp³-hybridized carbons (Fsp3) is 0.913. The zero-order chi connectivity index (χ0) is 24.0. The van der Waals surface area contributed by atoms with Gasteiger partial charge in [-0.15, -0.1) is 0 Å². The van der Waals surface area contributed by atoms with Crippen molar-refractivity contribution in [3.05, 3.63) is 0 Å². The van der Waals surface area contributed by atoms with Crippen LogP contribution in [0.25, 0.3) is 0 Å². The molecule has 8 heteroatoms. The summed E-state index contributed by atoms with van der Waals surface area (Å²) in [4.78, 5) is 27.9. The van der Waals surface area contributed by atoms with Gasteiger partial charge in [-0.05, 0) is 29.5 Å². The van der Waals surface area contributed by atoms with Crippen LogP contribution in [0, 0.1) is 5.92 Å². The molecular formula is C23H46N2O4Si2. The molecule has 0 N–H and O–H groups in total. The minimum atomic E-state index is -2.13. The van der Waals surface area contributed by atoms with Crippen LogP contribution in [0.3, 0.4) is 0 Å². The Kier molecular flexibility index (Phi) is 7.81. The number of hydrogen-bond acceptors (Lipinski definition) is 4. The first kappa shape index (κ1) is 26.4. The Morgan fingerprint density at radius 1 is 0.903 bits per heavy atom. The zero-order valence-electron chi connectivity index (χ0n) is 21.9. The van der Waals surface area contributed by atoms with Gasteiger partial charge in [-0.25, -0.2) is 4.79 Å². The third-order valence-corrected chi connectivity index (χ3v) is 15.6. The molecule has 2 rings (SSSR count). The number of ether oxygens (including phenoxy) is 1. The SMILES string of the molecule is CC(C)[C@H]1COC(=O)N1[C@H]1C(=O)N([Si](C)(C)C)[C@@H]1[C@H](C)O[Si](C(C)C)(C(C)C)C(C)C. The average molecular weight is 471 g/mol. The highest BCUT2D eigenvalue weighted by atomic mass is 28.4. The monoisotopic (exact) mass is 470 g/mol. The summed E-state index contributed by atoms with van der Waals surface area (Å²) < 4.78 is 14.6. The van der Waals surface area contributed by atoms with Crippen LogP contribution >= 0.6 is 0 Å². The van der Waals surface area contributed by atoms with Gasteiger partial charge < -0.3 is 13.7 Å². The number of rotatable bonds is 9. The maximum Gasteiger partial charge on any atom is 0.410 e. The molecule has 4 atom stereocenters. The minimum absolute atomic E-state index is 0.0648. The molecular weight excluding hydrogens is 424 g/mol. The van der Waals surface area contributed by atoms with E-state index in [2.05, 4.69) is 86.5 Å². The number of cyclic esters (lactones) is 1. The van der Waals surface area contributed by atoms with E-state index in [-0.39, 0.29) is 36.1 Å². The van der Waals surface area contributed by atoms with Gasteiger partial charge >= 0.3 is 6.09 Å². The first-order valence-corrected chi connectivity index (χ1v) is 17.6. The van der Waals surface area contributed by atoms with Crippen molar-refractivity contribution >= 4 is 28.6 Å². The van der Waals surface area contributed by atoms with Crippen molar-refractivity contribution in [3.63, 3.8) is 0 Å². The lowest BCUT2D eigenvalue weighted by atomic mass is 9.90. The Balaban J connectivity index is 2.46. The molecule has 0 unspecified atom stereocenters. The second kappa shape index (κ2) is 9.17. The molecule has 6 nitrogen and oxygen atoms in total. The summed E-state index contributed by atoms with van der Waals surface area (Å²) in [5.41, 5.74) is 1.39. The smallest absolute Gasteiger partial charge is 0.410 e. The second-order valence-corrected chi connectivity index (χ2v) is 22.0.